The number of hydrogen-bond acceptors (Lipinski definition) is 3. The van der Waals surface area contributed by atoms with Crippen molar-refractivity contribution in [3.8, 4) is 0 Å². The van der Waals surface area contributed by atoms with E-state index in [4.69, 9.17) is 0 Å². The van der Waals surface area contributed by atoms with Gasteiger partial charge in [-0.25, -0.2) is 0 Å². The number of nitrogens with zero attached hydrogens (tertiary/aromatic N) is 1. The number of aryl methyl sites for hydroxylation is 1. The number of alkyl halides is 24. The van der Waals surface area contributed by atoms with Crippen molar-refractivity contribution < 1.29 is 119 Å². The minimum absolute atomic E-state index is 0.0289. The second-order valence-electron chi connectivity index (χ2n) is 20.1. The molecule has 0 N–H and O–H groups in total. The van der Waals surface area contributed by atoms with Crippen molar-refractivity contribution in [2.24, 2.45) is 0 Å². The zero-order chi connectivity index (χ0) is 65.4. The van der Waals surface area contributed by atoms with Crippen molar-refractivity contribution in [2.45, 2.75) is 62.9 Å². The van der Waals surface area contributed by atoms with Crippen LogP contribution >= 0.6 is 0 Å². The molecule has 0 amide bonds. The highest BCUT2D eigenvalue weighted by Gasteiger charge is 2.47. The molecule has 1 aromatic heterocycles. The third-order valence-electron chi connectivity index (χ3n) is 13.7. The maximum absolute atomic E-state index is 14.2. The summed E-state index contributed by atoms with van der Waals surface area (Å²) < 4.78 is 355. The quantitative estimate of drug-likeness (QED) is 0.0593. The van der Waals surface area contributed by atoms with Crippen LogP contribution in [0.3, 0.4) is 0 Å². The Balaban J connectivity index is 0.000000300. The van der Waals surface area contributed by atoms with Crippen LogP contribution in [0.2, 0.25) is 0 Å². The van der Waals surface area contributed by atoms with Crippen LogP contribution in [0.25, 0.3) is 21.8 Å². The van der Waals surface area contributed by atoms with Gasteiger partial charge in [-0.15, -0.1) is 4.21 Å². The monoisotopic (exact) mass is 1280 g/mol. The molecule has 30 heteroatoms. The summed E-state index contributed by atoms with van der Waals surface area (Å²) in [6.45, 7) is 2.85. The third kappa shape index (κ3) is 14.5. The fraction of sp³-hybridized carbons (Fsp3) is 0.228. The van der Waals surface area contributed by atoms with E-state index in [2.05, 4.69) is 11.5 Å². The first kappa shape index (κ1) is 66.7. The van der Waals surface area contributed by atoms with Crippen molar-refractivity contribution in [1.29, 1.82) is 0 Å². The van der Waals surface area contributed by atoms with E-state index in [1.807, 2.05) is 60.7 Å². The fourth-order valence-electron chi connectivity index (χ4n) is 9.99. The molecule has 0 spiro atoms. The zero-order valence-electron chi connectivity index (χ0n) is 43.9. The number of halogens is 24. The predicted molar refractivity (Wildman–Crippen MR) is 274 cm³/mol. The van der Waals surface area contributed by atoms with Gasteiger partial charge in [-0.1, -0.05) is 78.9 Å². The molecule has 0 aliphatic carbocycles. The number of fused-ring (bicyclic) bond motifs is 3. The number of carbonyl (C=O) groups excluding carboxylic acids is 2. The molecule has 0 saturated heterocycles. The molecule has 0 aliphatic heterocycles. The molecule has 8 rings (SSSR count). The molecule has 8 aromatic rings. The van der Waals surface area contributed by atoms with Gasteiger partial charge in [0.15, 0.2) is 11.5 Å². The van der Waals surface area contributed by atoms with Gasteiger partial charge in [0.25, 0.3) is 0 Å². The molecule has 0 fully saturated rings. The summed E-state index contributed by atoms with van der Waals surface area (Å²) in [4.78, 5) is 25.6. The Hall–Kier alpha value is -7.79. The topological polar surface area (TPSA) is 56.1 Å². The number of hydrogen-bond donors (Lipinski definition) is 0. The van der Waals surface area contributed by atoms with Crippen LogP contribution in [0.5, 0.6) is 0 Å². The second-order valence-corrected chi connectivity index (χ2v) is 23.3. The lowest BCUT2D eigenvalue weighted by molar-refractivity contribution is -0.144. The highest BCUT2D eigenvalue weighted by Crippen LogP contribution is 2.42. The number of carbonyl (C=O) groups is 2. The Kier molecular flexibility index (Phi) is 17.4. The van der Waals surface area contributed by atoms with Gasteiger partial charge in [0.2, 0.25) is 5.78 Å². The molecule has 7 aromatic carbocycles. The summed E-state index contributed by atoms with van der Waals surface area (Å²) in [5.74, 6) is -0.123. The molecule has 1 heterocycles. The highest BCUT2D eigenvalue weighted by atomic mass is 32.2. The Labute approximate surface area is 475 Å². The normalized spacial score (nSPS) is 13.5. The zero-order valence-corrected chi connectivity index (χ0v) is 44.7. The van der Waals surface area contributed by atoms with Crippen LogP contribution in [0.4, 0.5) is 105 Å². The Bertz CT molecular complexity index is 3550. The average molecular weight is 1280 g/mol. The van der Waals surface area contributed by atoms with Crippen molar-refractivity contribution >= 4 is 71.3 Å². The van der Waals surface area contributed by atoms with Gasteiger partial charge < -0.3 is 4.57 Å². The molecule has 0 atom stereocenters. The van der Waals surface area contributed by atoms with Crippen LogP contribution in [0, 0.1) is 0 Å². The molecule has 0 bridgehead atoms. The lowest BCUT2D eigenvalue weighted by Crippen LogP contribution is -2.75. The lowest BCUT2D eigenvalue weighted by Gasteiger charge is -2.46. The summed E-state index contributed by atoms with van der Waals surface area (Å²) in [5, 5.41) is 1.87. The summed E-state index contributed by atoms with van der Waals surface area (Å²) in [6, 6.07) is 11.8. The highest BCUT2D eigenvalue weighted by molar-refractivity contribution is 8.02. The maximum Gasteiger partial charge on any atom is 0.416 e. The summed E-state index contributed by atoms with van der Waals surface area (Å²) in [7, 11) is -2.16. The summed E-state index contributed by atoms with van der Waals surface area (Å²) >= 11 is 0. The standard InChI is InChI=1S/C32H12BF24.C25H24NO3S/c34-25(35,36)13-1-14(26(37,38)39)6-21(5-13)33(22-7-15(27(40,41)42)2-16(8-22)28(43,44)45,23-9-17(29(46,47)48)3-18(10-23)30(49,50)51)24-11-19(31(52,53)54)4-20(12-24)32(55,56)57;1-4-26-22-12-10-18(24(27)16-30(2,3)29)14-20(22)21-15-19(11-13-23(21)26)25(28)17-8-6-5-7-9-17/h1-12H;5-15H,4,16H2,1-3H3/q-1;+1. The van der Waals surface area contributed by atoms with E-state index in [1.165, 1.54) is 0 Å². The molecule has 0 unspecified atom stereocenters. The molecule has 0 radical (unpaired) electrons. The number of rotatable bonds is 10. The maximum atomic E-state index is 14.2. The van der Waals surface area contributed by atoms with Gasteiger partial charge >= 0.3 is 49.4 Å². The number of Topliss-reactive ketones (excluding diaryl/α,β-unsaturated/α-hetero) is 1. The van der Waals surface area contributed by atoms with Crippen LogP contribution in [0.15, 0.2) is 140 Å². The van der Waals surface area contributed by atoms with Gasteiger partial charge in [0.05, 0.1) is 54.4 Å². The minimum atomic E-state index is -6.13. The molecular formula is C57H36BF24NO3S. The van der Waals surface area contributed by atoms with Gasteiger partial charge in [-0.3, -0.25) is 9.59 Å². The average Bonchev–Trinajstić information content (AvgIpc) is 1.13. The number of benzene rings is 7. The molecule has 464 valence electrons. The Morgan fingerprint density at radius 3 is 0.885 bits per heavy atom. The van der Waals surface area contributed by atoms with E-state index in [0.29, 0.717) is 16.7 Å². The fourth-order valence-corrected chi connectivity index (χ4v) is 10.8. The van der Waals surface area contributed by atoms with Crippen LogP contribution in [-0.2, 0) is 70.1 Å². The first-order valence-electron chi connectivity index (χ1n) is 24.5. The Morgan fingerprint density at radius 1 is 0.368 bits per heavy atom. The van der Waals surface area contributed by atoms with E-state index in [-0.39, 0.29) is 17.3 Å². The summed E-state index contributed by atoms with van der Waals surface area (Å²) in [5.41, 5.74) is -26.4. The van der Waals surface area contributed by atoms with Gasteiger partial charge in [-0.05, 0) is 67.6 Å². The molecule has 0 aliphatic rings. The van der Waals surface area contributed by atoms with Gasteiger partial charge in [0, 0.05) is 45.0 Å². The first-order valence-corrected chi connectivity index (χ1v) is 27.1. The molecule has 0 saturated carbocycles. The number of aromatic nitrogens is 1. The largest absolute Gasteiger partial charge is 0.416 e. The SMILES string of the molecule is CCn1c2ccc(C(=O)C[S+](C)(C)=O)cc2c2cc(C(=O)c3ccccc3)ccc21.FC(F)(F)c1cc([B-](c2cc(C(F)(F)F)cc(C(F)(F)F)c2)(c2cc(C(F)(F)F)cc(C(F)(F)F)c2)c2cc(C(F)(F)F)cc(C(F)(F)F)c2)cc(C(F)(F)F)c1. The van der Waals surface area contributed by atoms with E-state index in [0.717, 1.165) is 28.4 Å². The van der Waals surface area contributed by atoms with Crippen LogP contribution in [0.1, 0.15) is 77.7 Å². The van der Waals surface area contributed by atoms with Crippen molar-refractivity contribution in [1.82, 2.24) is 4.57 Å². The predicted octanol–water partition coefficient (Wildman–Crippen LogP) is 16.2. The summed E-state index contributed by atoms with van der Waals surface area (Å²) in [6.07, 6.45) is -51.6. The smallest absolute Gasteiger partial charge is 0.341 e. The molecule has 87 heavy (non-hydrogen) atoms. The third-order valence-corrected chi connectivity index (χ3v) is 14.7. The van der Waals surface area contributed by atoms with E-state index in [1.54, 1.807) is 18.6 Å². The number of ketones is 2. The van der Waals surface area contributed by atoms with Gasteiger partial charge in [-0.2, -0.15) is 127 Å². The van der Waals surface area contributed by atoms with E-state index >= 15 is 0 Å². The van der Waals surface area contributed by atoms with Crippen LogP contribution < -0.4 is 21.9 Å². The minimum Gasteiger partial charge on any atom is -0.341 e. The van der Waals surface area contributed by atoms with Crippen LogP contribution in [-0.4, -0.2) is 40.5 Å². The van der Waals surface area contributed by atoms with Crippen molar-refractivity contribution in [3.63, 3.8) is 0 Å². The molecule has 4 nitrogen and oxygen atoms in total. The molecular weight excluding hydrogens is 1250 g/mol. The second kappa shape index (κ2) is 22.7. The van der Waals surface area contributed by atoms with Gasteiger partial charge in [0.1, 0.15) is 18.7 Å². The van der Waals surface area contributed by atoms with E-state index in [9.17, 15) is 119 Å². The van der Waals surface area contributed by atoms with Crippen molar-refractivity contribution in [3.05, 3.63) is 201 Å². The van der Waals surface area contributed by atoms with E-state index < -0.39 is 205 Å². The lowest BCUT2D eigenvalue weighted by atomic mass is 9.12. The first-order chi connectivity index (χ1) is 39.5. The Morgan fingerprint density at radius 2 is 0.632 bits per heavy atom. The van der Waals surface area contributed by atoms with Crippen molar-refractivity contribution in [2.75, 3.05) is 18.3 Å².